The molecule has 0 aliphatic rings. The van der Waals surface area contributed by atoms with E-state index in [4.69, 9.17) is 10.8 Å². The highest BCUT2D eigenvalue weighted by atomic mass is 16.3. The Morgan fingerprint density at radius 3 is 2.39 bits per heavy atom. The van der Waals surface area contributed by atoms with Gasteiger partial charge >= 0.3 is 5.69 Å². The Kier molecular flexibility index (Phi) is 4.51. The van der Waals surface area contributed by atoms with Gasteiger partial charge in [-0.15, -0.1) is 0 Å². The van der Waals surface area contributed by atoms with Crippen LogP contribution in [0.25, 0.3) is 0 Å². The van der Waals surface area contributed by atoms with Crippen LogP contribution in [0.2, 0.25) is 0 Å². The minimum absolute atomic E-state index is 0.0197. The molecular weight excluding hydrogens is 238 g/mol. The van der Waals surface area contributed by atoms with Gasteiger partial charge in [-0.05, 0) is 6.92 Å². The normalized spacial score (nSPS) is 12.3. The van der Waals surface area contributed by atoms with Crippen LogP contribution in [-0.4, -0.2) is 33.6 Å². The molecule has 1 atom stereocenters. The van der Waals surface area contributed by atoms with Gasteiger partial charge in [0.05, 0.1) is 6.54 Å². The lowest BCUT2D eigenvalue weighted by Gasteiger charge is -2.17. The summed E-state index contributed by atoms with van der Waals surface area (Å²) >= 11 is 0. The molecule has 18 heavy (non-hydrogen) atoms. The smallest absolute Gasteiger partial charge is 0.332 e. The Balaban J connectivity index is 3.36. The van der Waals surface area contributed by atoms with E-state index in [-0.39, 0.29) is 12.2 Å². The molecule has 1 heterocycles. The maximum atomic E-state index is 12.0. The van der Waals surface area contributed by atoms with E-state index in [2.05, 4.69) is 10.6 Å². The van der Waals surface area contributed by atoms with Crippen LogP contribution in [0, 0.1) is 0 Å². The molecule has 0 radical (unpaired) electrons. The predicted octanol–water partition coefficient (Wildman–Crippen LogP) is -1.80. The summed E-state index contributed by atoms with van der Waals surface area (Å²) in [4.78, 5) is 23.7. The van der Waals surface area contributed by atoms with Gasteiger partial charge in [-0.1, -0.05) is 0 Å². The van der Waals surface area contributed by atoms with Gasteiger partial charge in [0.2, 0.25) is 0 Å². The molecule has 0 bridgehead atoms. The molecule has 1 rings (SSSR count). The van der Waals surface area contributed by atoms with Crippen LogP contribution >= 0.6 is 0 Å². The lowest BCUT2D eigenvalue weighted by Crippen LogP contribution is -2.41. The second-order valence-electron chi connectivity index (χ2n) is 3.91. The summed E-state index contributed by atoms with van der Waals surface area (Å²) < 4.78 is 2.32. The number of aliphatic hydroxyl groups is 1. The molecule has 0 aliphatic carbocycles. The quantitative estimate of drug-likeness (QED) is 0.463. The Morgan fingerprint density at radius 1 is 1.28 bits per heavy atom. The summed E-state index contributed by atoms with van der Waals surface area (Å²) in [6, 6.07) is 0. The van der Waals surface area contributed by atoms with Gasteiger partial charge in [-0.25, -0.2) is 4.79 Å². The number of nitrogens with one attached hydrogen (secondary N) is 2. The third kappa shape index (κ3) is 2.71. The molecule has 0 aromatic carbocycles. The molecule has 0 spiro atoms. The minimum atomic E-state index is -1.08. The van der Waals surface area contributed by atoms with E-state index < -0.39 is 17.5 Å². The molecule has 8 nitrogen and oxygen atoms in total. The van der Waals surface area contributed by atoms with Crippen molar-refractivity contribution in [1.29, 1.82) is 0 Å². The summed E-state index contributed by atoms with van der Waals surface area (Å²) in [5.74, 6) is 0.381. The largest absolute Gasteiger partial charge is 0.377 e. The van der Waals surface area contributed by atoms with E-state index in [0.29, 0.717) is 12.4 Å². The Bertz CT molecular complexity index is 532. The number of anilines is 2. The van der Waals surface area contributed by atoms with Crippen molar-refractivity contribution in [3.8, 4) is 0 Å². The maximum absolute atomic E-state index is 12.0. The first kappa shape index (κ1) is 14.3. The Morgan fingerprint density at radius 2 is 1.89 bits per heavy atom. The van der Waals surface area contributed by atoms with Crippen molar-refractivity contribution in [1.82, 2.24) is 9.13 Å². The minimum Gasteiger partial charge on any atom is -0.377 e. The number of rotatable bonds is 5. The summed E-state index contributed by atoms with van der Waals surface area (Å²) in [6.07, 6.45) is -1.08. The fourth-order valence-corrected chi connectivity index (χ4v) is 1.58. The predicted molar refractivity (Wildman–Crippen MR) is 69.8 cm³/mol. The van der Waals surface area contributed by atoms with E-state index >= 15 is 0 Å². The van der Waals surface area contributed by atoms with Gasteiger partial charge in [0.15, 0.2) is 0 Å². The van der Waals surface area contributed by atoms with Crippen molar-refractivity contribution < 1.29 is 5.11 Å². The number of aliphatic hydroxyl groups excluding tert-OH is 1. The van der Waals surface area contributed by atoms with Crippen molar-refractivity contribution in [2.75, 3.05) is 23.7 Å². The number of nitrogens with zero attached hydrogens (tertiary/aromatic N) is 2. The van der Waals surface area contributed by atoms with Crippen molar-refractivity contribution >= 4 is 11.5 Å². The number of aromatic nitrogens is 2. The average Bonchev–Trinajstić information content (AvgIpc) is 2.32. The average molecular weight is 257 g/mol. The van der Waals surface area contributed by atoms with Crippen LogP contribution in [0.15, 0.2) is 9.59 Å². The zero-order valence-corrected chi connectivity index (χ0v) is 10.7. The monoisotopic (exact) mass is 257 g/mol. The molecule has 1 aromatic rings. The standard InChI is InChI=1S/C10H19N5O3/c1-4-12-8-7(13-5-6(11)16)9(17)15(3)10(18)14(8)2/h6,12-13,16H,4-5,11H2,1-3H3. The second kappa shape index (κ2) is 5.69. The van der Waals surface area contributed by atoms with Crippen LogP contribution in [0.5, 0.6) is 0 Å². The fourth-order valence-electron chi connectivity index (χ4n) is 1.58. The number of nitrogens with two attached hydrogens (primary N) is 1. The molecule has 0 saturated heterocycles. The molecule has 8 heteroatoms. The maximum Gasteiger partial charge on any atom is 0.332 e. The third-order valence-corrected chi connectivity index (χ3v) is 2.50. The van der Waals surface area contributed by atoms with Crippen LogP contribution < -0.4 is 27.6 Å². The summed E-state index contributed by atoms with van der Waals surface area (Å²) in [6.45, 7) is 2.43. The first-order valence-electron chi connectivity index (χ1n) is 5.61. The van der Waals surface area contributed by atoms with Crippen molar-refractivity contribution in [3.63, 3.8) is 0 Å². The van der Waals surface area contributed by atoms with Crippen LogP contribution in [0.1, 0.15) is 6.92 Å². The van der Waals surface area contributed by atoms with Crippen LogP contribution in [-0.2, 0) is 14.1 Å². The first-order chi connectivity index (χ1) is 8.40. The van der Waals surface area contributed by atoms with Gasteiger partial charge in [-0.2, -0.15) is 0 Å². The second-order valence-corrected chi connectivity index (χ2v) is 3.91. The molecule has 1 aromatic heterocycles. The van der Waals surface area contributed by atoms with Gasteiger partial charge in [0.1, 0.15) is 17.7 Å². The number of hydrogen-bond donors (Lipinski definition) is 4. The summed E-state index contributed by atoms with van der Waals surface area (Å²) in [7, 11) is 2.95. The molecule has 5 N–H and O–H groups in total. The Hall–Kier alpha value is -1.80. The first-order valence-corrected chi connectivity index (χ1v) is 5.61. The molecule has 0 saturated carbocycles. The fraction of sp³-hybridized carbons (Fsp3) is 0.600. The van der Waals surface area contributed by atoms with Crippen LogP contribution in [0.4, 0.5) is 11.5 Å². The zero-order chi connectivity index (χ0) is 13.9. The highest BCUT2D eigenvalue weighted by Crippen LogP contribution is 2.13. The lowest BCUT2D eigenvalue weighted by molar-refractivity contribution is 0.195. The molecule has 102 valence electrons. The SMILES string of the molecule is CCNc1c(NCC(N)O)c(=O)n(C)c(=O)n1C. The molecule has 0 amide bonds. The molecule has 0 fully saturated rings. The number of hydrogen-bond acceptors (Lipinski definition) is 6. The summed E-state index contributed by atoms with van der Waals surface area (Å²) in [5, 5.41) is 14.7. The van der Waals surface area contributed by atoms with Gasteiger partial charge in [-0.3, -0.25) is 13.9 Å². The molecule has 1 unspecified atom stereocenters. The van der Waals surface area contributed by atoms with Gasteiger partial charge in [0, 0.05) is 20.6 Å². The highest BCUT2D eigenvalue weighted by Gasteiger charge is 2.15. The van der Waals surface area contributed by atoms with E-state index in [9.17, 15) is 9.59 Å². The molecule has 0 aliphatic heterocycles. The van der Waals surface area contributed by atoms with Crippen molar-refractivity contribution in [2.24, 2.45) is 19.8 Å². The third-order valence-electron chi connectivity index (χ3n) is 2.50. The zero-order valence-electron chi connectivity index (χ0n) is 10.7. The van der Waals surface area contributed by atoms with Crippen molar-refractivity contribution in [2.45, 2.75) is 13.2 Å². The van der Waals surface area contributed by atoms with Crippen LogP contribution in [0.3, 0.4) is 0 Å². The van der Waals surface area contributed by atoms with Gasteiger partial charge in [0.25, 0.3) is 5.56 Å². The Labute approximate surface area is 104 Å². The van der Waals surface area contributed by atoms with E-state index in [1.807, 2.05) is 6.92 Å². The van der Waals surface area contributed by atoms with Crippen molar-refractivity contribution in [3.05, 3.63) is 20.8 Å². The summed E-state index contributed by atoms with van der Waals surface area (Å²) in [5.41, 5.74) is 4.54. The van der Waals surface area contributed by atoms with E-state index in [0.717, 1.165) is 4.57 Å². The van der Waals surface area contributed by atoms with E-state index in [1.165, 1.54) is 11.6 Å². The van der Waals surface area contributed by atoms with Gasteiger partial charge < -0.3 is 21.5 Å². The highest BCUT2D eigenvalue weighted by molar-refractivity contribution is 5.63. The topological polar surface area (TPSA) is 114 Å². The lowest BCUT2D eigenvalue weighted by atomic mass is 10.4. The molecular formula is C10H19N5O3. The van der Waals surface area contributed by atoms with E-state index in [1.54, 1.807) is 7.05 Å².